The number of hydrogen-bond acceptors (Lipinski definition) is 7. The van der Waals surface area contributed by atoms with Crippen LogP contribution in [0.5, 0.6) is 0 Å². The van der Waals surface area contributed by atoms with E-state index in [1.807, 2.05) is 31.3 Å². The summed E-state index contributed by atoms with van der Waals surface area (Å²) in [4.78, 5) is 41.1. The number of pyridine rings is 3. The lowest BCUT2D eigenvalue weighted by Gasteiger charge is -2.41. The van der Waals surface area contributed by atoms with Crippen LogP contribution in [0, 0.1) is 0 Å². The highest BCUT2D eigenvalue weighted by atomic mass is 16.5. The van der Waals surface area contributed by atoms with Gasteiger partial charge in [0.15, 0.2) is 0 Å². The van der Waals surface area contributed by atoms with Crippen molar-refractivity contribution in [3.05, 3.63) is 63.8 Å². The predicted octanol–water partition coefficient (Wildman–Crippen LogP) is 1.72. The Balaban J connectivity index is 1.21. The fraction of sp³-hybridized carbons (Fsp3) is 0.440. The Morgan fingerprint density at radius 1 is 1.21 bits per heavy atom. The minimum absolute atomic E-state index is 0.0367. The summed E-state index contributed by atoms with van der Waals surface area (Å²) >= 11 is 0. The van der Waals surface area contributed by atoms with Gasteiger partial charge in [-0.3, -0.25) is 19.5 Å². The Bertz CT molecular complexity index is 1240. The Morgan fingerprint density at radius 3 is 2.74 bits per heavy atom. The average molecular weight is 463 g/mol. The van der Waals surface area contributed by atoms with Crippen LogP contribution in [0.1, 0.15) is 35.5 Å². The van der Waals surface area contributed by atoms with E-state index in [0.717, 1.165) is 54.0 Å². The molecule has 5 heterocycles. The van der Waals surface area contributed by atoms with Crippen LogP contribution in [-0.2, 0) is 17.7 Å². The van der Waals surface area contributed by atoms with E-state index in [4.69, 9.17) is 4.74 Å². The topological polar surface area (TPSA) is 103 Å². The van der Waals surface area contributed by atoms with Crippen LogP contribution >= 0.6 is 0 Å². The van der Waals surface area contributed by atoms with Crippen LogP contribution in [0.2, 0.25) is 0 Å². The van der Waals surface area contributed by atoms with Gasteiger partial charge in [0.25, 0.3) is 11.5 Å². The first kappa shape index (κ1) is 22.5. The maximum atomic E-state index is 12.3. The molecule has 0 spiro atoms. The Morgan fingerprint density at radius 2 is 2.06 bits per heavy atom. The second kappa shape index (κ2) is 9.52. The summed E-state index contributed by atoms with van der Waals surface area (Å²) in [5.41, 5.74) is 4.86. The van der Waals surface area contributed by atoms with E-state index < -0.39 is 0 Å². The van der Waals surface area contributed by atoms with E-state index in [1.165, 1.54) is 0 Å². The number of piperazine rings is 1. The highest BCUT2D eigenvalue weighted by Gasteiger charge is 2.25. The van der Waals surface area contributed by atoms with Gasteiger partial charge in [-0.2, -0.15) is 0 Å². The molecule has 178 valence electrons. The maximum Gasteiger partial charge on any atom is 0.270 e. The molecule has 5 rings (SSSR count). The Kier molecular flexibility index (Phi) is 6.30. The highest BCUT2D eigenvalue weighted by Crippen LogP contribution is 2.22. The number of carbonyl (C=O) groups excluding carboxylic acids is 1. The molecule has 2 aliphatic rings. The number of carbonyl (C=O) groups is 1. The minimum Gasteiger partial charge on any atom is -0.377 e. The van der Waals surface area contributed by atoms with Gasteiger partial charge in [0.1, 0.15) is 5.69 Å². The third-order valence-electron chi connectivity index (χ3n) is 6.61. The zero-order valence-corrected chi connectivity index (χ0v) is 19.6. The average Bonchev–Trinajstić information content (AvgIpc) is 2.81. The number of nitrogens with one attached hydrogen (secondary N) is 2. The smallest absolute Gasteiger partial charge is 0.270 e. The van der Waals surface area contributed by atoms with Crippen molar-refractivity contribution in [1.82, 2.24) is 25.2 Å². The summed E-state index contributed by atoms with van der Waals surface area (Å²) in [7, 11) is 0. The number of anilines is 1. The normalized spacial score (nSPS) is 19.2. The van der Waals surface area contributed by atoms with Gasteiger partial charge in [0, 0.05) is 44.0 Å². The van der Waals surface area contributed by atoms with Crippen molar-refractivity contribution < 1.29 is 9.53 Å². The van der Waals surface area contributed by atoms with Gasteiger partial charge >= 0.3 is 0 Å². The molecule has 3 aromatic heterocycles. The van der Waals surface area contributed by atoms with Crippen molar-refractivity contribution in [3.63, 3.8) is 0 Å². The number of aryl methyl sites for hydroxylation is 1. The van der Waals surface area contributed by atoms with Gasteiger partial charge in [-0.15, -0.1) is 0 Å². The first-order valence-corrected chi connectivity index (χ1v) is 11.8. The van der Waals surface area contributed by atoms with Crippen LogP contribution in [0.4, 0.5) is 5.69 Å². The fourth-order valence-corrected chi connectivity index (χ4v) is 4.60. The van der Waals surface area contributed by atoms with Crippen molar-refractivity contribution >= 4 is 22.6 Å². The van der Waals surface area contributed by atoms with E-state index in [-0.39, 0.29) is 17.5 Å². The number of aromatic nitrogens is 3. The molecule has 9 heteroatoms. The molecule has 2 fully saturated rings. The van der Waals surface area contributed by atoms with Crippen molar-refractivity contribution in [3.8, 4) is 0 Å². The van der Waals surface area contributed by atoms with Crippen LogP contribution in [0.15, 0.2) is 41.5 Å². The van der Waals surface area contributed by atoms with Gasteiger partial charge in [0.2, 0.25) is 0 Å². The summed E-state index contributed by atoms with van der Waals surface area (Å²) in [6, 6.07) is 8.05. The molecule has 0 aromatic carbocycles. The maximum absolute atomic E-state index is 12.3. The van der Waals surface area contributed by atoms with Gasteiger partial charge in [-0.05, 0) is 43.2 Å². The van der Waals surface area contributed by atoms with E-state index >= 15 is 0 Å². The Labute approximate surface area is 198 Å². The lowest BCUT2D eigenvalue weighted by atomic mass is 10.1. The second-order valence-electron chi connectivity index (χ2n) is 9.14. The van der Waals surface area contributed by atoms with Gasteiger partial charge in [-0.1, -0.05) is 6.92 Å². The number of nitrogens with zero attached hydrogens (tertiary/aromatic N) is 4. The third-order valence-corrected chi connectivity index (χ3v) is 6.61. The number of fused-ring (bicyclic) bond motifs is 1. The quantitative estimate of drug-likeness (QED) is 0.575. The molecule has 0 bridgehead atoms. The molecule has 2 aliphatic heterocycles. The summed E-state index contributed by atoms with van der Waals surface area (Å²) in [6.07, 6.45) is 4.38. The summed E-state index contributed by atoms with van der Waals surface area (Å²) in [5.74, 6) is -0.158. The molecule has 2 saturated heterocycles. The van der Waals surface area contributed by atoms with Crippen molar-refractivity contribution in [2.45, 2.75) is 38.9 Å². The number of hydrogen-bond donors (Lipinski definition) is 2. The van der Waals surface area contributed by atoms with Crippen LogP contribution < -0.4 is 15.8 Å². The number of ether oxygens (including phenoxy) is 1. The predicted molar refractivity (Wildman–Crippen MR) is 130 cm³/mol. The van der Waals surface area contributed by atoms with E-state index in [9.17, 15) is 9.59 Å². The number of aromatic amines is 1. The molecule has 0 radical (unpaired) electrons. The summed E-state index contributed by atoms with van der Waals surface area (Å²) in [6.45, 7) is 8.75. The summed E-state index contributed by atoms with van der Waals surface area (Å²) < 4.78 is 5.10. The molecule has 3 aromatic rings. The lowest BCUT2D eigenvalue weighted by Crippen LogP contribution is -2.51. The molecule has 0 unspecified atom stereocenters. The molecule has 9 nitrogen and oxygen atoms in total. The molecule has 0 aliphatic carbocycles. The standard InChI is InChI=1S/C25H30N6O3/c1-3-18-9-22-23(29-24(18)32)8-17(10-26-22)13-30-6-7-31(16(2)12-30)20-4-5-21(27-11-20)25(33)28-19-14-34-15-19/h4-5,8-11,16,19H,3,6-7,12-15H2,1-2H3,(H,28,33)(H,29,32)/t16-/m1/s1. The number of amides is 1. The lowest BCUT2D eigenvalue weighted by molar-refractivity contribution is -0.00354. The number of rotatable bonds is 6. The van der Waals surface area contributed by atoms with Crippen molar-refractivity contribution in [2.24, 2.45) is 0 Å². The monoisotopic (exact) mass is 462 g/mol. The van der Waals surface area contributed by atoms with E-state index in [0.29, 0.717) is 31.4 Å². The van der Waals surface area contributed by atoms with Gasteiger partial charge < -0.3 is 19.9 Å². The second-order valence-corrected chi connectivity index (χ2v) is 9.14. The van der Waals surface area contributed by atoms with E-state index in [2.05, 4.69) is 37.0 Å². The summed E-state index contributed by atoms with van der Waals surface area (Å²) in [5, 5.41) is 2.92. The Hall–Kier alpha value is -3.30. The molecule has 0 saturated carbocycles. The van der Waals surface area contributed by atoms with Crippen molar-refractivity contribution in [2.75, 3.05) is 37.7 Å². The minimum atomic E-state index is -0.158. The highest BCUT2D eigenvalue weighted by molar-refractivity contribution is 5.92. The molecular formula is C25H30N6O3. The molecular weight excluding hydrogens is 432 g/mol. The zero-order chi connectivity index (χ0) is 23.7. The van der Waals surface area contributed by atoms with Crippen LogP contribution in [-0.4, -0.2) is 70.7 Å². The number of H-pyrrole nitrogens is 1. The van der Waals surface area contributed by atoms with E-state index in [1.54, 1.807) is 12.3 Å². The third kappa shape index (κ3) is 4.67. The fourth-order valence-electron chi connectivity index (χ4n) is 4.60. The zero-order valence-electron chi connectivity index (χ0n) is 19.6. The van der Waals surface area contributed by atoms with Crippen LogP contribution in [0.3, 0.4) is 0 Å². The van der Waals surface area contributed by atoms with Gasteiger partial charge in [0.05, 0.1) is 42.2 Å². The molecule has 1 atom stereocenters. The molecule has 34 heavy (non-hydrogen) atoms. The SMILES string of the molecule is CCc1cc2ncc(CN3CCN(c4ccc(C(=O)NC5COC5)nc4)[C@H](C)C3)cc2[nH]c1=O. The van der Waals surface area contributed by atoms with Crippen LogP contribution in [0.25, 0.3) is 11.0 Å². The first-order valence-electron chi connectivity index (χ1n) is 11.8. The van der Waals surface area contributed by atoms with Crippen molar-refractivity contribution in [1.29, 1.82) is 0 Å². The van der Waals surface area contributed by atoms with Gasteiger partial charge in [-0.25, -0.2) is 4.98 Å². The molecule has 2 N–H and O–H groups in total. The largest absolute Gasteiger partial charge is 0.377 e. The molecule has 1 amide bonds. The first-order chi connectivity index (χ1) is 16.5.